The standard InChI is InChI=1S/C20H19N3O5/c1-10-7-13(19(26)27)5-6-16(10)23-11(2)8-14(12(23)3)9-15-17(24)21-20(28)22(4)18(15)25/h5-9H,1-4H3,(H,26,27)(H,21,24,28)/b15-9+. The zero-order valence-electron chi connectivity index (χ0n) is 15.9. The molecule has 3 rings (SSSR count). The maximum absolute atomic E-state index is 12.3. The number of aryl methyl sites for hydroxylation is 2. The van der Waals surface area contributed by atoms with Crippen molar-refractivity contribution in [3.63, 3.8) is 0 Å². The molecule has 1 aromatic carbocycles. The van der Waals surface area contributed by atoms with Crippen LogP contribution >= 0.6 is 0 Å². The molecule has 1 aliphatic heterocycles. The van der Waals surface area contributed by atoms with E-state index in [0.29, 0.717) is 5.56 Å². The van der Waals surface area contributed by atoms with Crippen LogP contribution in [0, 0.1) is 20.8 Å². The summed E-state index contributed by atoms with van der Waals surface area (Å²) in [4.78, 5) is 47.9. The number of aromatic nitrogens is 1. The first kappa shape index (κ1) is 19.1. The van der Waals surface area contributed by atoms with Crippen molar-refractivity contribution < 1.29 is 24.3 Å². The summed E-state index contributed by atoms with van der Waals surface area (Å²) < 4.78 is 1.92. The maximum atomic E-state index is 12.3. The van der Waals surface area contributed by atoms with E-state index in [1.165, 1.54) is 19.2 Å². The molecule has 0 saturated carbocycles. The summed E-state index contributed by atoms with van der Waals surface area (Å²) >= 11 is 0. The van der Waals surface area contributed by atoms with Gasteiger partial charge in [0.25, 0.3) is 11.8 Å². The highest BCUT2D eigenvalue weighted by Crippen LogP contribution is 2.26. The van der Waals surface area contributed by atoms with E-state index in [4.69, 9.17) is 5.11 Å². The van der Waals surface area contributed by atoms with Crippen molar-refractivity contribution in [3.05, 3.63) is 57.9 Å². The molecule has 1 saturated heterocycles. The van der Waals surface area contributed by atoms with E-state index < -0.39 is 23.8 Å². The molecule has 0 atom stereocenters. The number of nitrogens with zero attached hydrogens (tertiary/aromatic N) is 2. The van der Waals surface area contributed by atoms with Gasteiger partial charge in [0.15, 0.2) is 0 Å². The molecule has 8 heteroatoms. The maximum Gasteiger partial charge on any atom is 0.335 e. The molecule has 0 unspecified atom stereocenters. The third-order valence-corrected chi connectivity index (χ3v) is 4.76. The zero-order chi connectivity index (χ0) is 20.7. The van der Waals surface area contributed by atoms with Crippen LogP contribution in [0.2, 0.25) is 0 Å². The van der Waals surface area contributed by atoms with Gasteiger partial charge < -0.3 is 9.67 Å². The van der Waals surface area contributed by atoms with E-state index in [2.05, 4.69) is 5.32 Å². The molecule has 1 aromatic heterocycles. The molecule has 28 heavy (non-hydrogen) atoms. The Morgan fingerprint density at radius 3 is 2.39 bits per heavy atom. The number of imide groups is 2. The Morgan fingerprint density at radius 2 is 1.79 bits per heavy atom. The predicted molar refractivity (Wildman–Crippen MR) is 101 cm³/mol. The van der Waals surface area contributed by atoms with E-state index in [1.807, 2.05) is 31.4 Å². The highest BCUT2D eigenvalue weighted by Gasteiger charge is 2.33. The molecule has 1 fully saturated rings. The van der Waals surface area contributed by atoms with Gasteiger partial charge >= 0.3 is 12.0 Å². The minimum absolute atomic E-state index is 0.125. The van der Waals surface area contributed by atoms with E-state index in [-0.39, 0.29) is 11.1 Å². The molecule has 0 aliphatic carbocycles. The van der Waals surface area contributed by atoms with Crippen molar-refractivity contribution in [2.75, 3.05) is 7.05 Å². The van der Waals surface area contributed by atoms with Gasteiger partial charge in [0.1, 0.15) is 5.57 Å². The number of carboxylic acids is 1. The second-order valence-electron chi connectivity index (χ2n) is 6.65. The lowest BCUT2D eigenvalue weighted by Gasteiger charge is -2.22. The van der Waals surface area contributed by atoms with Gasteiger partial charge in [0.2, 0.25) is 0 Å². The van der Waals surface area contributed by atoms with Crippen LogP contribution in [0.3, 0.4) is 0 Å². The van der Waals surface area contributed by atoms with Crippen LogP contribution in [0.5, 0.6) is 0 Å². The smallest absolute Gasteiger partial charge is 0.335 e. The number of urea groups is 1. The average molecular weight is 381 g/mol. The predicted octanol–water partition coefficient (Wildman–Crippen LogP) is 2.19. The number of hydrogen-bond donors (Lipinski definition) is 2. The second-order valence-corrected chi connectivity index (χ2v) is 6.65. The minimum Gasteiger partial charge on any atom is -0.478 e. The van der Waals surface area contributed by atoms with Crippen LogP contribution in [0.1, 0.15) is 32.9 Å². The van der Waals surface area contributed by atoms with Crippen molar-refractivity contribution in [3.8, 4) is 5.69 Å². The molecule has 2 N–H and O–H groups in total. The third-order valence-electron chi connectivity index (χ3n) is 4.76. The molecular formula is C20H19N3O5. The lowest BCUT2D eigenvalue weighted by Crippen LogP contribution is -2.52. The summed E-state index contributed by atoms with van der Waals surface area (Å²) in [6.07, 6.45) is 1.46. The SMILES string of the molecule is Cc1cc(C(=O)O)ccc1-n1c(C)cc(/C=C2\C(=O)NC(=O)N(C)C2=O)c1C. The van der Waals surface area contributed by atoms with Crippen molar-refractivity contribution >= 4 is 29.9 Å². The largest absolute Gasteiger partial charge is 0.478 e. The molecule has 4 amide bonds. The highest BCUT2D eigenvalue weighted by molar-refractivity contribution is 6.30. The van der Waals surface area contributed by atoms with Gasteiger partial charge in [-0.25, -0.2) is 9.59 Å². The number of aromatic carboxylic acids is 1. The Morgan fingerprint density at radius 1 is 1.11 bits per heavy atom. The molecule has 0 radical (unpaired) electrons. The number of hydrogen-bond acceptors (Lipinski definition) is 4. The fourth-order valence-electron chi connectivity index (χ4n) is 3.24. The van der Waals surface area contributed by atoms with Crippen LogP contribution < -0.4 is 5.32 Å². The van der Waals surface area contributed by atoms with E-state index in [0.717, 1.165) is 27.5 Å². The fraction of sp³-hybridized carbons (Fsp3) is 0.200. The Labute approximate surface area is 161 Å². The lowest BCUT2D eigenvalue weighted by molar-refractivity contribution is -0.129. The first-order valence-corrected chi connectivity index (χ1v) is 8.50. The van der Waals surface area contributed by atoms with Gasteiger partial charge in [-0.1, -0.05) is 0 Å². The summed E-state index contributed by atoms with van der Waals surface area (Å²) in [5.41, 5.74) is 3.93. The van der Waals surface area contributed by atoms with Crippen LogP contribution in [0.15, 0.2) is 29.8 Å². The number of carbonyl (C=O) groups is 4. The average Bonchev–Trinajstić information content (AvgIpc) is 2.90. The number of benzene rings is 1. The van der Waals surface area contributed by atoms with Gasteiger partial charge in [0, 0.05) is 24.1 Å². The van der Waals surface area contributed by atoms with Gasteiger partial charge in [-0.15, -0.1) is 0 Å². The fourth-order valence-corrected chi connectivity index (χ4v) is 3.24. The molecule has 2 heterocycles. The van der Waals surface area contributed by atoms with E-state index in [1.54, 1.807) is 12.1 Å². The number of amides is 4. The first-order chi connectivity index (χ1) is 13.1. The topological polar surface area (TPSA) is 109 Å². The number of nitrogens with one attached hydrogen (secondary N) is 1. The number of likely N-dealkylation sites (N-methyl/N-ethyl adjacent to an activating group) is 1. The molecule has 0 spiro atoms. The van der Waals surface area contributed by atoms with Crippen molar-refractivity contribution in [2.45, 2.75) is 20.8 Å². The van der Waals surface area contributed by atoms with Crippen LogP contribution in [-0.4, -0.2) is 45.4 Å². The van der Waals surface area contributed by atoms with Gasteiger partial charge in [-0.3, -0.25) is 19.8 Å². The van der Waals surface area contributed by atoms with E-state index >= 15 is 0 Å². The molecule has 8 nitrogen and oxygen atoms in total. The number of carbonyl (C=O) groups excluding carboxylic acids is 3. The third kappa shape index (κ3) is 3.09. The van der Waals surface area contributed by atoms with Gasteiger partial charge in [0.05, 0.1) is 5.56 Å². The first-order valence-electron chi connectivity index (χ1n) is 8.50. The van der Waals surface area contributed by atoms with Gasteiger partial charge in [-0.05, 0) is 62.2 Å². The van der Waals surface area contributed by atoms with E-state index in [9.17, 15) is 19.2 Å². The summed E-state index contributed by atoms with van der Waals surface area (Å²) in [6.45, 7) is 5.53. The zero-order valence-corrected chi connectivity index (χ0v) is 15.9. The normalized spacial score (nSPS) is 15.9. The van der Waals surface area contributed by atoms with Crippen molar-refractivity contribution in [2.24, 2.45) is 0 Å². The summed E-state index contributed by atoms with van der Waals surface area (Å²) in [5, 5.41) is 11.3. The minimum atomic E-state index is -0.999. The second kappa shape index (κ2) is 6.80. The van der Waals surface area contributed by atoms with Crippen molar-refractivity contribution in [1.82, 2.24) is 14.8 Å². The highest BCUT2D eigenvalue weighted by atomic mass is 16.4. The van der Waals surface area contributed by atoms with Crippen molar-refractivity contribution in [1.29, 1.82) is 0 Å². The van der Waals surface area contributed by atoms with Gasteiger partial charge in [-0.2, -0.15) is 0 Å². The molecule has 1 aliphatic rings. The summed E-state index contributed by atoms with van der Waals surface area (Å²) in [7, 11) is 1.30. The molecule has 144 valence electrons. The lowest BCUT2D eigenvalue weighted by atomic mass is 10.1. The molecule has 0 bridgehead atoms. The van der Waals surface area contributed by atoms with Crippen LogP contribution in [0.25, 0.3) is 11.8 Å². The summed E-state index contributed by atoms with van der Waals surface area (Å²) in [6, 6.07) is 5.91. The molecular weight excluding hydrogens is 362 g/mol. The Balaban J connectivity index is 2.08. The quantitative estimate of drug-likeness (QED) is 0.626. The Kier molecular flexibility index (Phi) is 4.64. The van der Waals surface area contributed by atoms with Crippen LogP contribution in [-0.2, 0) is 9.59 Å². The Bertz CT molecular complexity index is 1080. The number of carboxylic acid groups (broad SMARTS) is 1. The summed E-state index contributed by atoms with van der Waals surface area (Å²) in [5.74, 6) is -2.40. The Hall–Kier alpha value is -3.68. The number of barbiturate groups is 1. The molecule has 2 aromatic rings. The van der Waals surface area contributed by atoms with Crippen LogP contribution in [0.4, 0.5) is 4.79 Å². The number of rotatable bonds is 3. The monoisotopic (exact) mass is 381 g/mol.